The Morgan fingerprint density at radius 1 is 1.44 bits per heavy atom. The van der Waals surface area contributed by atoms with E-state index in [1.54, 1.807) is 11.4 Å². The lowest BCUT2D eigenvalue weighted by atomic mass is 10.2. The number of hydrogen-bond acceptors (Lipinski definition) is 3. The van der Waals surface area contributed by atoms with Crippen LogP contribution < -0.4 is 0 Å². The van der Waals surface area contributed by atoms with Gasteiger partial charge in [-0.3, -0.25) is 0 Å². The molecule has 5 heteroatoms. The van der Waals surface area contributed by atoms with Gasteiger partial charge in [-0.25, -0.2) is 4.67 Å². The van der Waals surface area contributed by atoms with Gasteiger partial charge < -0.3 is 4.52 Å². The number of benzene rings is 1. The number of rotatable bonds is 4. The first-order chi connectivity index (χ1) is 8.65. The summed E-state index contributed by atoms with van der Waals surface area (Å²) >= 11 is 7.63. The van der Waals surface area contributed by atoms with E-state index in [-0.39, 0.29) is 0 Å². The summed E-state index contributed by atoms with van der Waals surface area (Å²) in [5.41, 5.74) is -1.93. The van der Waals surface area contributed by atoms with Gasteiger partial charge in [-0.1, -0.05) is 25.1 Å². The van der Waals surface area contributed by atoms with Crippen molar-refractivity contribution in [3.05, 3.63) is 30.3 Å². The molecule has 0 aromatic heterocycles. The van der Waals surface area contributed by atoms with Gasteiger partial charge in [-0.15, -0.1) is 0 Å². The van der Waals surface area contributed by atoms with Crippen LogP contribution in [0.3, 0.4) is 0 Å². The van der Waals surface area contributed by atoms with Crippen molar-refractivity contribution < 1.29 is 4.52 Å². The van der Waals surface area contributed by atoms with Gasteiger partial charge >= 0.3 is 0 Å². The zero-order valence-electron chi connectivity index (χ0n) is 10.9. The molecule has 18 heavy (non-hydrogen) atoms. The molecule has 2 atom stereocenters. The lowest BCUT2D eigenvalue weighted by molar-refractivity contribution is 0.220. The third-order valence-electron chi connectivity index (χ3n) is 3.16. The Morgan fingerprint density at radius 3 is 2.83 bits per heavy atom. The van der Waals surface area contributed by atoms with Crippen molar-refractivity contribution in [3.63, 3.8) is 0 Å². The molecule has 0 bridgehead atoms. The van der Waals surface area contributed by atoms with Crippen molar-refractivity contribution in [2.24, 2.45) is 0 Å². The minimum absolute atomic E-state index is 0.507. The van der Waals surface area contributed by atoms with Crippen LogP contribution in [0.25, 0.3) is 0 Å². The molecule has 0 aliphatic carbocycles. The van der Waals surface area contributed by atoms with Crippen molar-refractivity contribution in [3.8, 4) is 0 Å². The molecule has 0 radical (unpaired) electrons. The van der Waals surface area contributed by atoms with Crippen LogP contribution in [0.5, 0.6) is 0 Å². The zero-order chi connectivity index (χ0) is 13.0. The highest BCUT2D eigenvalue weighted by Crippen LogP contribution is 2.67. The van der Waals surface area contributed by atoms with Gasteiger partial charge in [-0.2, -0.15) is 0 Å². The molecule has 1 aliphatic heterocycles. The van der Waals surface area contributed by atoms with Crippen LogP contribution in [0.1, 0.15) is 26.7 Å². The van der Waals surface area contributed by atoms with Crippen molar-refractivity contribution >= 4 is 28.8 Å². The summed E-state index contributed by atoms with van der Waals surface area (Å²) in [5.74, 6) is 0. The minimum Gasteiger partial charge on any atom is -0.330 e. The summed E-state index contributed by atoms with van der Waals surface area (Å²) in [6.07, 6.45) is 2.22. The molecule has 0 N–H and O–H groups in total. The second-order valence-electron chi connectivity index (χ2n) is 4.48. The second-order valence-corrected chi connectivity index (χ2v) is 11.1. The molecule has 1 heterocycles. The summed E-state index contributed by atoms with van der Waals surface area (Å²) < 4.78 is 8.44. The molecule has 1 saturated heterocycles. The van der Waals surface area contributed by atoms with Gasteiger partial charge in [0.15, 0.2) is 5.62 Å². The largest absolute Gasteiger partial charge is 0.330 e. The fourth-order valence-electron chi connectivity index (χ4n) is 1.97. The molecular formula is C13H20NOPS2. The smallest absolute Gasteiger partial charge is 0.193 e. The highest BCUT2D eigenvalue weighted by molar-refractivity contribution is 8.68. The second kappa shape index (κ2) is 6.53. The summed E-state index contributed by atoms with van der Waals surface area (Å²) in [5, 5.41) is 0. The van der Waals surface area contributed by atoms with E-state index in [9.17, 15) is 0 Å². The van der Waals surface area contributed by atoms with Gasteiger partial charge in [0.2, 0.25) is 0 Å². The predicted molar refractivity (Wildman–Crippen MR) is 83.6 cm³/mol. The van der Waals surface area contributed by atoms with E-state index in [0.717, 1.165) is 26.0 Å². The fourth-order valence-corrected chi connectivity index (χ4v) is 8.53. The molecule has 1 fully saturated rings. The molecule has 0 amide bonds. The molecule has 2 rings (SSSR count). The van der Waals surface area contributed by atoms with Gasteiger partial charge in [-0.05, 0) is 55.1 Å². The van der Waals surface area contributed by atoms with Gasteiger partial charge in [0.1, 0.15) is 0 Å². The Hall–Kier alpha value is 0.140. The quantitative estimate of drug-likeness (QED) is 0.757. The van der Waals surface area contributed by atoms with Gasteiger partial charge in [0.05, 0.1) is 6.61 Å². The molecule has 0 unspecified atom stereocenters. The van der Waals surface area contributed by atoms with Crippen LogP contribution in [0, 0.1) is 0 Å². The fraction of sp³-hybridized carbons (Fsp3) is 0.538. The number of nitrogens with zero attached hydrogens (tertiary/aromatic N) is 1. The van der Waals surface area contributed by atoms with E-state index >= 15 is 0 Å². The highest BCUT2D eigenvalue weighted by atomic mass is 32.9. The van der Waals surface area contributed by atoms with Crippen LogP contribution in [-0.4, -0.2) is 23.9 Å². The maximum atomic E-state index is 6.02. The lowest BCUT2D eigenvalue weighted by Gasteiger charge is -2.41. The van der Waals surface area contributed by atoms with E-state index in [1.807, 2.05) is 6.07 Å². The molecule has 100 valence electrons. The Morgan fingerprint density at radius 2 is 2.17 bits per heavy atom. The molecule has 0 saturated carbocycles. The Labute approximate surface area is 119 Å². The average molecular weight is 301 g/mol. The van der Waals surface area contributed by atoms with Gasteiger partial charge in [0, 0.05) is 17.5 Å². The van der Waals surface area contributed by atoms with Crippen LogP contribution in [-0.2, 0) is 16.3 Å². The zero-order valence-corrected chi connectivity index (χ0v) is 13.4. The predicted octanol–water partition coefficient (Wildman–Crippen LogP) is 4.52. The molecule has 1 aliphatic rings. The van der Waals surface area contributed by atoms with Gasteiger partial charge in [0.25, 0.3) is 0 Å². The van der Waals surface area contributed by atoms with Crippen LogP contribution in [0.15, 0.2) is 35.2 Å². The van der Waals surface area contributed by atoms with E-state index < -0.39 is 5.62 Å². The highest BCUT2D eigenvalue weighted by Gasteiger charge is 2.34. The van der Waals surface area contributed by atoms with E-state index in [4.69, 9.17) is 16.3 Å². The number of hydrogen-bond donors (Lipinski definition) is 0. The van der Waals surface area contributed by atoms with Crippen molar-refractivity contribution in [1.82, 2.24) is 4.67 Å². The maximum absolute atomic E-state index is 6.02. The topological polar surface area (TPSA) is 12.5 Å². The minimum atomic E-state index is -1.93. The average Bonchev–Trinajstić information content (AvgIpc) is 2.39. The molecule has 1 aromatic rings. The molecule has 1 aromatic carbocycles. The first-order valence-corrected chi connectivity index (χ1v) is 10.5. The normalized spacial score (nSPS) is 27.0. The maximum Gasteiger partial charge on any atom is 0.193 e. The molecule has 0 spiro atoms. The van der Waals surface area contributed by atoms with Crippen LogP contribution >= 0.6 is 17.0 Å². The van der Waals surface area contributed by atoms with E-state index in [2.05, 4.69) is 42.8 Å². The summed E-state index contributed by atoms with van der Waals surface area (Å²) in [7, 11) is 0. The van der Waals surface area contributed by atoms with E-state index in [1.165, 1.54) is 4.90 Å². The monoisotopic (exact) mass is 301 g/mol. The van der Waals surface area contributed by atoms with Crippen LogP contribution in [0.2, 0.25) is 0 Å². The summed E-state index contributed by atoms with van der Waals surface area (Å²) in [4.78, 5) is 1.22. The summed E-state index contributed by atoms with van der Waals surface area (Å²) in [6, 6.07) is 10.9. The third-order valence-corrected chi connectivity index (χ3v) is 9.50. The van der Waals surface area contributed by atoms with E-state index in [0.29, 0.717) is 6.04 Å². The van der Waals surface area contributed by atoms with Crippen molar-refractivity contribution in [2.75, 3.05) is 13.2 Å². The Kier molecular flexibility index (Phi) is 5.28. The first-order valence-electron chi connectivity index (χ1n) is 6.42. The molecule has 2 nitrogen and oxygen atoms in total. The lowest BCUT2D eigenvalue weighted by Crippen LogP contribution is -2.34. The van der Waals surface area contributed by atoms with Crippen molar-refractivity contribution in [1.29, 1.82) is 0 Å². The first kappa shape index (κ1) is 14.5. The molecular weight excluding hydrogens is 281 g/mol. The standard InChI is InChI=1S/C13H20NOPS2/c1-3-12(2)14-10-7-11-15-16(14,17)18-13-8-5-4-6-9-13/h4-6,8-9,12H,3,7,10-11H2,1-2H3/t12-,16+/m0/s1. The Bertz CT molecular complexity index is 426. The van der Waals surface area contributed by atoms with Crippen LogP contribution in [0.4, 0.5) is 0 Å². The summed E-state index contributed by atoms with van der Waals surface area (Å²) in [6.45, 7) is 6.35. The Balaban J connectivity index is 2.18. The van der Waals surface area contributed by atoms with Crippen molar-refractivity contribution in [2.45, 2.75) is 37.6 Å². The third kappa shape index (κ3) is 3.37. The SMILES string of the molecule is CC[C@H](C)N1CCCO[P@]1(=S)Sc1ccccc1.